The summed E-state index contributed by atoms with van der Waals surface area (Å²) in [5.41, 5.74) is -0.162. The van der Waals surface area contributed by atoms with Crippen molar-refractivity contribution in [3.05, 3.63) is 11.6 Å². The minimum atomic E-state index is -1.94. The van der Waals surface area contributed by atoms with Gasteiger partial charge in [0, 0.05) is 12.3 Å². The number of hydrogen-bond acceptors (Lipinski definition) is 22. The Morgan fingerprint density at radius 1 is 0.589 bits per heavy atom. The van der Waals surface area contributed by atoms with Crippen LogP contribution < -0.4 is 0 Å². The molecule has 1 unspecified atom stereocenters. The Hall–Kier alpha value is -1.14. The second kappa shape index (κ2) is 20.5. The first-order valence-corrected chi connectivity index (χ1v) is 26.8. The number of aliphatic hydroxyl groups excluding tert-OH is 11. The molecule has 418 valence electrons. The van der Waals surface area contributed by atoms with Crippen LogP contribution in [0.3, 0.4) is 0 Å². The monoisotopic (exact) mass is 1050 g/mol. The van der Waals surface area contributed by atoms with E-state index in [2.05, 4.69) is 26.8 Å². The van der Waals surface area contributed by atoms with Crippen molar-refractivity contribution in [2.75, 3.05) is 19.8 Å². The molecule has 10 aliphatic rings. The van der Waals surface area contributed by atoms with E-state index < -0.39 is 154 Å². The van der Waals surface area contributed by atoms with Gasteiger partial charge in [-0.25, -0.2) is 0 Å². The van der Waals surface area contributed by atoms with Gasteiger partial charge in [-0.15, -0.1) is 0 Å². The van der Waals surface area contributed by atoms with Crippen molar-refractivity contribution in [2.24, 2.45) is 40.4 Å². The van der Waals surface area contributed by atoms with Crippen LogP contribution in [-0.2, 0) is 47.4 Å². The molecule has 6 saturated heterocycles. The molecule has 6 aliphatic heterocycles. The molecule has 0 amide bonds. The lowest BCUT2D eigenvalue weighted by atomic mass is 9.46. The van der Waals surface area contributed by atoms with Gasteiger partial charge >= 0.3 is 0 Å². The molecule has 0 bridgehead atoms. The first-order valence-electron chi connectivity index (χ1n) is 26.8. The number of ether oxygens (including phenoxy) is 10. The van der Waals surface area contributed by atoms with E-state index >= 15 is 0 Å². The van der Waals surface area contributed by atoms with Crippen molar-refractivity contribution in [3.8, 4) is 0 Å². The third-order valence-electron chi connectivity index (χ3n) is 19.8. The molecule has 0 radical (unpaired) electrons. The molecular formula is C51H82O22. The molecular weight excluding hydrogens is 965 g/mol. The summed E-state index contributed by atoms with van der Waals surface area (Å²) in [6.07, 6.45) is -22.8. The maximum absolute atomic E-state index is 12.4. The van der Waals surface area contributed by atoms with Gasteiger partial charge in [-0.05, 0) is 107 Å². The van der Waals surface area contributed by atoms with Gasteiger partial charge < -0.3 is 109 Å². The van der Waals surface area contributed by atoms with E-state index in [9.17, 15) is 61.3 Å². The lowest BCUT2D eigenvalue weighted by molar-refractivity contribution is -0.398. The van der Waals surface area contributed by atoms with Gasteiger partial charge in [-0.1, -0.05) is 32.4 Å². The molecule has 0 aromatic heterocycles. The first kappa shape index (κ1) is 55.2. The van der Waals surface area contributed by atoms with Crippen molar-refractivity contribution in [1.29, 1.82) is 0 Å². The summed E-state index contributed by atoms with van der Waals surface area (Å²) in [5.74, 6) is 0.503. The zero-order valence-corrected chi connectivity index (χ0v) is 42.6. The van der Waals surface area contributed by atoms with Crippen LogP contribution in [0.2, 0.25) is 0 Å². The third kappa shape index (κ3) is 9.13. The molecule has 73 heavy (non-hydrogen) atoms. The van der Waals surface area contributed by atoms with E-state index in [1.165, 1.54) is 19.4 Å². The molecule has 9 fully saturated rings. The lowest BCUT2D eigenvalue weighted by Gasteiger charge is -2.59. The quantitative estimate of drug-likeness (QED) is 0.107. The van der Waals surface area contributed by atoms with Gasteiger partial charge in [-0.3, -0.25) is 0 Å². The minimum absolute atomic E-state index is 0.0459. The predicted molar refractivity (Wildman–Crippen MR) is 247 cm³/mol. The molecule has 10 rings (SSSR count). The molecule has 3 saturated carbocycles. The second-order valence-corrected chi connectivity index (χ2v) is 24.1. The Balaban J connectivity index is 0.865. The van der Waals surface area contributed by atoms with Gasteiger partial charge in [0.1, 0.15) is 91.1 Å². The fourth-order valence-electron chi connectivity index (χ4n) is 15.5. The van der Waals surface area contributed by atoms with Crippen molar-refractivity contribution >= 4 is 0 Å². The van der Waals surface area contributed by atoms with Crippen LogP contribution in [0.15, 0.2) is 11.6 Å². The molecule has 0 aromatic carbocycles. The molecule has 22 nitrogen and oxygen atoms in total. The fraction of sp³-hybridized carbons (Fsp3) is 0.961. The highest BCUT2D eigenvalue weighted by Crippen LogP contribution is 2.71. The highest BCUT2D eigenvalue weighted by Gasteiger charge is 2.74. The third-order valence-corrected chi connectivity index (χ3v) is 19.8. The van der Waals surface area contributed by atoms with Gasteiger partial charge in [0.25, 0.3) is 0 Å². The summed E-state index contributed by atoms with van der Waals surface area (Å²) in [6, 6.07) is 0. The van der Waals surface area contributed by atoms with Crippen LogP contribution in [0.25, 0.3) is 0 Å². The standard InChI is InChI=1S/C51H82O22/c1-20-9-14-51(64-19-20)50(6,63)43-28(73-51)16-27-25-8-7-23-15-24(10-12-48(23,4)26(25)11-13-49(27,43)5)67-47-42(72-44-37(60)34(57)31(54)21(2)65-44)41(33(56)30(18-53)69-47)71-45-39(62)36(59)40(22(3)66-45)70-46-38(61)35(58)32(55)29(17-52)68-46/h7,20-22,24-47,52-63H,8-19H2,1-6H3/t20?,21-,22-,24-,25+,26-,27-,28-,29+,30+,31-,32+,33+,34+,35-,36-,37+,38+,39+,40-,41-,42+,43-,44-,45-,46-,47+,48-,49-,50-,51-/m0/s1. The molecule has 31 atom stereocenters. The topological polar surface area (TPSA) is 335 Å². The number of fused-ring (bicyclic) bond motifs is 7. The van der Waals surface area contributed by atoms with Crippen LogP contribution in [0.4, 0.5) is 0 Å². The number of hydrogen-bond donors (Lipinski definition) is 12. The van der Waals surface area contributed by atoms with Gasteiger partial charge in [0.05, 0.1) is 44.2 Å². The van der Waals surface area contributed by atoms with Crippen molar-refractivity contribution < 1.29 is 109 Å². The van der Waals surface area contributed by atoms with E-state index in [-0.39, 0.29) is 22.9 Å². The van der Waals surface area contributed by atoms with Crippen LogP contribution in [0, 0.1) is 40.4 Å². The fourth-order valence-corrected chi connectivity index (χ4v) is 15.5. The summed E-state index contributed by atoms with van der Waals surface area (Å²) in [5, 5.41) is 131. The number of allylic oxidation sites excluding steroid dienone is 1. The van der Waals surface area contributed by atoms with Crippen LogP contribution >= 0.6 is 0 Å². The summed E-state index contributed by atoms with van der Waals surface area (Å²) in [4.78, 5) is 0. The van der Waals surface area contributed by atoms with Gasteiger partial charge in [0.2, 0.25) is 0 Å². The van der Waals surface area contributed by atoms with Crippen molar-refractivity contribution in [3.63, 3.8) is 0 Å². The second-order valence-electron chi connectivity index (χ2n) is 24.1. The van der Waals surface area contributed by atoms with Gasteiger partial charge in [-0.2, -0.15) is 0 Å². The van der Waals surface area contributed by atoms with Crippen molar-refractivity contribution in [2.45, 2.75) is 246 Å². The van der Waals surface area contributed by atoms with Gasteiger partial charge in [0.15, 0.2) is 30.9 Å². The van der Waals surface area contributed by atoms with E-state index in [1.807, 2.05) is 6.92 Å². The zero-order chi connectivity index (χ0) is 52.4. The lowest BCUT2D eigenvalue weighted by Crippen LogP contribution is -2.67. The summed E-state index contributed by atoms with van der Waals surface area (Å²) in [6.45, 7) is 10.9. The van der Waals surface area contributed by atoms with E-state index in [0.29, 0.717) is 49.5 Å². The average molecular weight is 1050 g/mol. The normalized spacial score (nSPS) is 58.2. The van der Waals surface area contributed by atoms with Crippen molar-refractivity contribution in [1.82, 2.24) is 0 Å². The predicted octanol–water partition coefficient (Wildman–Crippen LogP) is -1.82. The molecule has 6 heterocycles. The minimum Gasteiger partial charge on any atom is -0.394 e. The Kier molecular flexibility index (Phi) is 15.5. The molecule has 4 aliphatic carbocycles. The number of aliphatic hydroxyl groups is 12. The maximum atomic E-state index is 12.4. The Morgan fingerprint density at radius 3 is 1.86 bits per heavy atom. The largest absolute Gasteiger partial charge is 0.394 e. The van der Waals surface area contributed by atoms with E-state index in [0.717, 1.165) is 38.5 Å². The molecule has 12 N–H and O–H groups in total. The Labute approximate surface area is 425 Å². The first-order chi connectivity index (χ1) is 34.5. The Bertz CT molecular complexity index is 1950. The number of rotatable bonds is 10. The highest BCUT2D eigenvalue weighted by molar-refractivity contribution is 5.27. The molecule has 1 spiro atoms. The zero-order valence-electron chi connectivity index (χ0n) is 42.6. The van der Waals surface area contributed by atoms with Crippen LogP contribution in [-0.4, -0.2) is 228 Å². The molecule has 0 aromatic rings. The SMILES string of the molecule is CC1CC[C@]2(OC1)O[C@H]1C[C@H]3[C@@H]4CC=C5C[C@@H](O[C@@H]6O[C@H](CO)[C@@H](O)[C@H](O[C@@H]7O[C@@H](C)[C@H](O[C@@H]8O[C@H](CO)[C@@H](O)[C@H](O)[C@H]8O)[C@@H](O)[C@H]7O)[C@H]6O[C@@H]6O[C@@H](C)[C@H](O)[C@@H](O)[C@H]6O)CC[C@]5(C)[C@H]4CC[C@]3(C)[C@H]1[C@]2(C)O. The molecule has 22 heteroatoms. The highest BCUT2D eigenvalue weighted by atomic mass is 16.8. The van der Waals surface area contributed by atoms with E-state index in [1.54, 1.807) is 0 Å². The Morgan fingerprint density at radius 2 is 1.19 bits per heavy atom. The van der Waals surface area contributed by atoms with Crippen LogP contribution in [0.1, 0.15) is 99.3 Å². The smallest absolute Gasteiger partial charge is 0.197 e. The average Bonchev–Trinajstić information content (AvgIpc) is 3.78. The van der Waals surface area contributed by atoms with Crippen LogP contribution in [0.5, 0.6) is 0 Å². The maximum Gasteiger partial charge on any atom is 0.197 e. The van der Waals surface area contributed by atoms with E-state index in [4.69, 9.17) is 47.4 Å². The summed E-state index contributed by atoms with van der Waals surface area (Å²) in [7, 11) is 0. The summed E-state index contributed by atoms with van der Waals surface area (Å²) < 4.78 is 62.1. The summed E-state index contributed by atoms with van der Waals surface area (Å²) >= 11 is 0.